The maximum atomic E-state index is 13.8. The molecule has 1 amide bonds. The van der Waals surface area contributed by atoms with Crippen LogP contribution in [0, 0.1) is 19.3 Å². The van der Waals surface area contributed by atoms with Crippen LogP contribution in [0.4, 0.5) is 5.69 Å². The van der Waals surface area contributed by atoms with Crippen molar-refractivity contribution in [3.05, 3.63) is 52.5 Å². The Bertz CT molecular complexity index is 1060. The second-order valence-electron chi connectivity index (χ2n) is 6.22. The molecule has 1 atom stereocenters. The maximum Gasteiger partial charge on any atom is 0.340 e. The topological polar surface area (TPSA) is 111 Å². The number of hydrogen-bond acceptors (Lipinski definition) is 6. The van der Waals surface area contributed by atoms with E-state index in [9.17, 15) is 9.59 Å². The van der Waals surface area contributed by atoms with Gasteiger partial charge in [-0.15, -0.1) is 11.5 Å². The molecule has 0 saturated heterocycles. The van der Waals surface area contributed by atoms with E-state index < -0.39 is 17.3 Å². The molecule has 0 radical (unpaired) electrons. The molecule has 1 aromatic carbocycles. The van der Waals surface area contributed by atoms with Crippen LogP contribution in [0.5, 0.6) is 5.88 Å². The third-order valence-corrected chi connectivity index (χ3v) is 4.92. The average Bonchev–Trinajstić information content (AvgIpc) is 3.14. The van der Waals surface area contributed by atoms with Gasteiger partial charge < -0.3 is 15.2 Å². The van der Waals surface area contributed by atoms with Crippen molar-refractivity contribution in [3.63, 3.8) is 0 Å². The first-order chi connectivity index (χ1) is 13.0. The van der Waals surface area contributed by atoms with Crippen molar-refractivity contribution >= 4 is 17.6 Å². The number of anilines is 1. The number of aryl methyl sites for hydroxylation is 1. The van der Waals surface area contributed by atoms with Crippen molar-refractivity contribution in [2.75, 3.05) is 18.6 Å². The molecule has 8 nitrogen and oxygen atoms in total. The Morgan fingerprint density at radius 2 is 2.22 bits per heavy atom. The molecular weight excluding hydrogens is 348 g/mol. The molecule has 8 heteroatoms. The van der Waals surface area contributed by atoms with Gasteiger partial charge in [0.2, 0.25) is 17.7 Å². The van der Waals surface area contributed by atoms with E-state index >= 15 is 0 Å². The third-order valence-electron chi connectivity index (χ3n) is 4.92. The van der Waals surface area contributed by atoms with E-state index in [0.29, 0.717) is 22.5 Å². The van der Waals surface area contributed by atoms with Gasteiger partial charge >= 0.3 is 5.97 Å². The molecule has 0 aliphatic carbocycles. The number of H-pyrrole nitrogens is 1. The molecule has 1 spiro atoms. The van der Waals surface area contributed by atoms with Crippen molar-refractivity contribution in [3.8, 4) is 18.2 Å². The summed E-state index contributed by atoms with van der Waals surface area (Å²) in [5.74, 6) is 1.24. The minimum atomic E-state index is -1.55. The zero-order valence-corrected chi connectivity index (χ0v) is 14.7. The van der Waals surface area contributed by atoms with E-state index in [1.54, 1.807) is 31.2 Å². The van der Waals surface area contributed by atoms with Crippen LogP contribution in [0.2, 0.25) is 0 Å². The molecule has 0 fully saturated rings. The average molecular weight is 364 g/mol. The lowest BCUT2D eigenvalue weighted by Gasteiger charge is -2.34. The fourth-order valence-corrected chi connectivity index (χ4v) is 3.93. The molecule has 2 aliphatic rings. The number of para-hydroxylation sites is 1. The number of amides is 1. The van der Waals surface area contributed by atoms with Crippen molar-refractivity contribution in [2.45, 2.75) is 12.3 Å². The van der Waals surface area contributed by atoms with Gasteiger partial charge in [0.05, 0.1) is 19.2 Å². The highest BCUT2D eigenvalue weighted by molar-refractivity contribution is 6.18. The molecule has 1 aromatic heterocycles. The van der Waals surface area contributed by atoms with Gasteiger partial charge in [0.15, 0.2) is 0 Å². The van der Waals surface area contributed by atoms with Crippen molar-refractivity contribution in [1.29, 1.82) is 0 Å². The number of hydrogen-bond donors (Lipinski definition) is 2. The normalized spacial score (nSPS) is 20.2. The quantitative estimate of drug-likeness (QED) is 0.600. The Morgan fingerprint density at radius 3 is 2.93 bits per heavy atom. The van der Waals surface area contributed by atoms with Gasteiger partial charge in [-0.3, -0.25) is 14.8 Å². The Balaban J connectivity index is 2.16. The summed E-state index contributed by atoms with van der Waals surface area (Å²) in [6.45, 7) is 1.78. The van der Waals surface area contributed by atoms with Crippen LogP contribution in [0.1, 0.15) is 16.8 Å². The van der Waals surface area contributed by atoms with Gasteiger partial charge in [-0.05, 0) is 13.0 Å². The molecule has 2 aromatic rings. The first-order valence-corrected chi connectivity index (χ1v) is 8.15. The highest BCUT2D eigenvalue weighted by Crippen LogP contribution is 2.55. The summed E-state index contributed by atoms with van der Waals surface area (Å²) in [5, 5.41) is 6.91. The van der Waals surface area contributed by atoms with Crippen LogP contribution in [0.3, 0.4) is 0 Å². The van der Waals surface area contributed by atoms with Crippen LogP contribution >= 0.6 is 0 Å². The Hall–Kier alpha value is -3.73. The monoisotopic (exact) mass is 364 g/mol. The summed E-state index contributed by atoms with van der Waals surface area (Å²) in [7, 11) is 1.22. The minimum Gasteiger partial charge on any atom is -0.465 e. The minimum absolute atomic E-state index is 0.0407. The maximum absolute atomic E-state index is 13.8. The second kappa shape index (κ2) is 5.64. The second-order valence-corrected chi connectivity index (χ2v) is 6.22. The number of terminal acetylenes is 1. The summed E-state index contributed by atoms with van der Waals surface area (Å²) in [6.07, 6.45) is 5.48. The van der Waals surface area contributed by atoms with Crippen molar-refractivity contribution < 1.29 is 19.1 Å². The first-order valence-electron chi connectivity index (χ1n) is 8.15. The highest BCUT2D eigenvalue weighted by atomic mass is 16.5. The molecule has 0 unspecified atom stereocenters. The zero-order chi connectivity index (χ0) is 19.3. The van der Waals surface area contributed by atoms with Crippen molar-refractivity contribution in [2.24, 2.45) is 5.73 Å². The number of nitrogens with zero attached hydrogens (tertiary/aromatic N) is 2. The number of nitrogens with two attached hydrogens (primary N) is 1. The van der Waals surface area contributed by atoms with Crippen LogP contribution in [-0.4, -0.2) is 35.7 Å². The zero-order valence-electron chi connectivity index (χ0n) is 14.7. The molecule has 2 aliphatic heterocycles. The lowest BCUT2D eigenvalue weighted by atomic mass is 9.68. The molecule has 136 valence electrons. The highest BCUT2D eigenvalue weighted by Gasteiger charge is 2.62. The predicted molar refractivity (Wildman–Crippen MR) is 95.6 cm³/mol. The van der Waals surface area contributed by atoms with Crippen LogP contribution < -0.4 is 15.4 Å². The van der Waals surface area contributed by atoms with E-state index in [0.717, 1.165) is 0 Å². The van der Waals surface area contributed by atoms with E-state index in [2.05, 4.69) is 16.1 Å². The van der Waals surface area contributed by atoms with Crippen LogP contribution in [0.15, 0.2) is 35.7 Å². The summed E-state index contributed by atoms with van der Waals surface area (Å²) in [5.41, 5.74) is 6.60. The van der Waals surface area contributed by atoms with Gasteiger partial charge in [-0.1, -0.05) is 24.1 Å². The molecule has 0 saturated carbocycles. The molecule has 27 heavy (non-hydrogen) atoms. The summed E-state index contributed by atoms with van der Waals surface area (Å²) in [6, 6.07) is 7.11. The van der Waals surface area contributed by atoms with Gasteiger partial charge in [0.1, 0.15) is 11.0 Å². The lowest BCUT2D eigenvalue weighted by molar-refractivity contribution is -0.138. The summed E-state index contributed by atoms with van der Waals surface area (Å²) < 4.78 is 10.5. The summed E-state index contributed by atoms with van der Waals surface area (Å²) in [4.78, 5) is 27.9. The van der Waals surface area contributed by atoms with E-state index in [4.69, 9.17) is 21.6 Å². The molecule has 4 rings (SSSR count). The van der Waals surface area contributed by atoms with Crippen molar-refractivity contribution in [1.82, 2.24) is 10.2 Å². The number of aromatic nitrogens is 2. The fraction of sp³-hybridized carbons (Fsp3) is 0.211. The van der Waals surface area contributed by atoms with E-state index in [-0.39, 0.29) is 23.9 Å². The third kappa shape index (κ3) is 1.91. The van der Waals surface area contributed by atoms with Gasteiger partial charge in [-0.2, -0.15) is 0 Å². The lowest BCUT2D eigenvalue weighted by Crippen LogP contribution is -2.48. The Kier molecular flexibility index (Phi) is 3.49. The number of aromatic amines is 1. The number of fused-ring (bicyclic) bond motifs is 4. The number of esters is 1. The number of carbonyl (C=O) groups is 2. The number of carbonyl (C=O) groups excluding carboxylic acids is 2. The molecule has 3 heterocycles. The van der Waals surface area contributed by atoms with Crippen LogP contribution in [-0.2, 0) is 19.7 Å². The molecule has 3 N–H and O–H groups in total. The first kappa shape index (κ1) is 16.7. The summed E-state index contributed by atoms with van der Waals surface area (Å²) >= 11 is 0. The number of ether oxygens (including phenoxy) is 2. The largest absolute Gasteiger partial charge is 0.465 e. The van der Waals surface area contributed by atoms with Crippen LogP contribution in [0.25, 0.3) is 0 Å². The number of methoxy groups -OCH3 is 1. The number of nitrogens with one attached hydrogen (secondary N) is 1. The van der Waals surface area contributed by atoms with E-state index in [1.165, 1.54) is 12.0 Å². The Labute approximate surface area is 154 Å². The van der Waals surface area contributed by atoms with Gasteiger partial charge in [0, 0.05) is 16.9 Å². The van der Waals surface area contributed by atoms with E-state index in [1.807, 2.05) is 0 Å². The predicted octanol–water partition coefficient (Wildman–Crippen LogP) is 0.720. The molecular formula is C19H16N4O4. The SMILES string of the molecule is C#CCN1C(=O)[C@]2(C(C(=O)OC)=C(N)Oc3n[nH]c(C)c32)c2ccccc21. The van der Waals surface area contributed by atoms with Gasteiger partial charge in [0.25, 0.3) is 0 Å². The molecule has 0 bridgehead atoms. The number of rotatable bonds is 2. The van der Waals surface area contributed by atoms with Gasteiger partial charge in [-0.25, -0.2) is 4.79 Å². The fourth-order valence-electron chi connectivity index (χ4n) is 3.93. The Morgan fingerprint density at radius 1 is 1.48 bits per heavy atom. The smallest absolute Gasteiger partial charge is 0.340 e. The standard InChI is InChI=1S/C19H16N4O4/c1-4-9-23-12-8-6-5-7-11(12)19(18(23)25)13-10(2)21-22-16(13)27-15(20)14(19)17(24)26-3/h1,5-8H,9,20H2,2-3H3,(H,21,22)/t19-/m1/s1. The number of benzene rings is 1.